The molecule has 0 saturated carbocycles. The van der Waals surface area contributed by atoms with Gasteiger partial charge in [-0.15, -0.1) is 0 Å². The van der Waals surface area contributed by atoms with E-state index in [9.17, 15) is 18.3 Å². The summed E-state index contributed by atoms with van der Waals surface area (Å²) in [5.74, 6) is -0.732. The average Bonchev–Trinajstić information content (AvgIpc) is 2.79. The third-order valence-electron chi connectivity index (χ3n) is 4.47. The summed E-state index contributed by atoms with van der Waals surface area (Å²) in [7, 11) is -3.72. The molecule has 0 spiro atoms. The molecule has 0 amide bonds. The fourth-order valence-electron chi connectivity index (χ4n) is 2.88. The Morgan fingerprint density at radius 3 is 2.33 bits per heavy atom. The first-order valence-corrected chi connectivity index (χ1v) is 13.1. The van der Waals surface area contributed by atoms with E-state index >= 15 is 0 Å². The number of rotatable bonds is 15. The van der Waals surface area contributed by atoms with Crippen molar-refractivity contribution < 1.29 is 66.4 Å². The van der Waals surface area contributed by atoms with Crippen LogP contribution in [0.4, 0.5) is 0 Å². The number of oxime groups is 1. The summed E-state index contributed by atoms with van der Waals surface area (Å²) < 4.78 is 41.0. The van der Waals surface area contributed by atoms with Crippen molar-refractivity contribution in [3.05, 3.63) is 53.6 Å². The van der Waals surface area contributed by atoms with Crippen LogP contribution in [-0.2, 0) is 15.0 Å². The van der Waals surface area contributed by atoms with Crippen molar-refractivity contribution in [1.82, 2.24) is 0 Å². The van der Waals surface area contributed by atoms with Crippen LogP contribution in [0.3, 0.4) is 0 Å². The number of carboxylic acids is 1. The molecule has 0 unspecified atom stereocenters. The Labute approximate surface area is 235 Å². The number of carboxylic acid groups (broad SMARTS) is 1. The van der Waals surface area contributed by atoms with Crippen LogP contribution in [0.5, 0.6) is 17.2 Å². The van der Waals surface area contributed by atoms with Crippen molar-refractivity contribution in [2.75, 3.05) is 19.0 Å². The molecular formula is C25H32NNaO8S. The Kier molecular flexibility index (Phi) is 13.9. The maximum Gasteiger partial charge on any atom is 1.00 e. The molecule has 2 rings (SSSR count). The van der Waals surface area contributed by atoms with Gasteiger partial charge in [0.05, 0.1) is 17.8 Å². The zero-order chi connectivity index (χ0) is 25.8. The van der Waals surface area contributed by atoms with Gasteiger partial charge >= 0.3 is 39.7 Å². The number of carbonyl (C=O) groups excluding carboxylic acids is 1. The molecule has 36 heavy (non-hydrogen) atoms. The Bertz CT molecular complexity index is 1120. The van der Waals surface area contributed by atoms with E-state index in [1.807, 2.05) is 27.7 Å². The van der Waals surface area contributed by atoms with Gasteiger partial charge in [0, 0.05) is 17.2 Å². The van der Waals surface area contributed by atoms with E-state index < -0.39 is 16.1 Å². The molecule has 11 heteroatoms. The van der Waals surface area contributed by atoms with Gasteiger partial charge in [0.1, 0.15) is 36.2 Å². The summed E-state index contributed by atoms with van der Waals surface area (Å²) in [4.78, 5) is 16.8. The number of carbonyl (C=O) groups is 1. The van der Waals surface area contributed by atoms with E-state index in [1.54, 1.807) is 18.2 Å². The summed E-state index contributed by atoms with van der Waals surface area (Å²) in [6, 6.07) is 10.7. The van der Waals surface area contributed by atoms with Crippen LogP contribution in [0.1, 0.15) is 62.9 Å². The van der Waals surface area contributed by atoms with Crippen LogP contribution in [0.2, 0.25) is 0 Å². The molecule has 0 atom stereocenters. The minimum absolute atomic E-state index is 0. The van der Waals surface area contributed by atoms with Gasteiger partial charge in [-0.25, -0.2) is 0 Å². The normalized spacial score (nSPS) is 11.5. The number of unbranched alkanes of at least 4 members (excludes halogenated alkanes) is 1. The monoisotopic (exact) mass is 529 g/mol. The van der Waals surface area contributed by atoms with Gasteiger partial charge < -0.3 is 28.4 Å². The Hall–Kier alpha value is -2.27. The fraction of sp³-hybridized carbons (Fsp3) is 0.440. The summed E-state index contributed by atoms with van der Waals surface area (Å²) >= 11 is 0. The van der Waals surface area contributed by atoms with Crippen LogP contribution in [0, 0.1) is 0 Å². The first-order valence-electron chi connectivity index (χ1n) is 11.5. The van der Waals surface area contributed by atoms with Crippen LogP contribution in [0.15, 0.2) is 47.6 Å². The van der Waals surface area contributed by atoms with Crippen molar-refractivity contribution in [3.8, 4) is 17.2 Å². The molecule has 0 bridgehead atoms. The maximum absolute atomic E-state index is 12.2. The second-order valence-corrected chi connectivity index (χ2v) is 9.72. The van der Waals surface area contributed by atoms with Crippen molar-refractivity contribution >= 4 is 21.8 Å². The first-order chi connectivity index (χ1) is 16.6. The van der Waals surface area contributed by atoms with Gasteiger partial charge in [-0.1, -0.05) is 37.6 Å². The number of nitrogens with zero attached hydrogens (tertiary/aromatic N) is 1. The van der Waals surface area contributed by atoms with E-state index in [4.69, 9.17) is 18.5 Å². The summed E-state index contributed by atoms with van der Waals surface area (Å²) in [5, 5.41) is 15.6. The van der Waals surface area contributed by atoms with E-state index in [1.165, 1.54) is 24.3 Å². The van der Waals surface area contributed by atoms with E-state index in [0.29, 0.717) is 30.1 Å². The fourth-order valence-corrected chi connectivity index (χ4v) is 4.00. The summed E-state index contributed by atoms with van der Waals surface area (Å²) in [5.41, 5.74) is 0.797. The molecule has 192 valence electrons. The zero-order valence-corrected chi connectivity index (χ0v) is 24.3. The molecule has 0 radical (unpaired) electrons. The van der Waals surface area contributed by atoms with E-state index in [0.717, 1.165) is 12.8 Å². The van der Waals surface area contributed by atoms with E-state index in [2.05, 4.69) is 5.16 Å². The molecule has 0 aliphatic heterocycles. The molecule has 0 aliphatic carbocycles. The van der Waals surface area contributed by atoms with Gasteiger partial charge in [0.25, 0.3) is 0 Å². The third-order valence-corrected chi connectivity index (χ3v) is 5.71. The van der Waals surface area contributed by atoms with Crippen molar-refractivity contribution in [2.45, 2.75) is 53.1 Å². The van der Waals surface area contributed by atoms with Crippen LogP contribution in [0.25, 0.3) is 0 Å². The molecule has 0 fully saturated rings. The minimum atomic E-state index is -3.72. The molecule has 0 aliphatic rings. The Balaban J connectivity index is 0.00000648. The quantitative estimate of drug-likeness (QED) is 0.108. The molecule has 2 aromatic rings. The van der Waals surface area contributed by atoms with Gasteiger partial charge in [-0.2, -0.15) is 8.42 Å². The Morgan fingerprint density at radius 1 is 1.00 bits per heavy atom. The molecule has 0 saturated heterocycles. The topological polar surface area (TPSA) is 124 Å². The number of hydrogen-bond acceptors (Lipinski definition) is 9. The predicted molar refractivity (Wildman–Crippen MR) is 131 cm³/mol. The third kappa shape index (κ3) is 11.2. The largest absolute Gasteiger partial charge is 1.00 e. The molecule has 9 nitrogen and oxygen atoms in total. The number of ether oxygens (including phenoxy) is 2. The second-order valence-electron chi connectivity index (χ2n) is 8.03. The standard InChI is InChI=1S/C25H33NO8S.Na/c1-5-7-12-35(29,30)34-21-10-8-9-19(13-21)24(26-32-11-6-2)17-31-22-14-20(25(27)28)15-23(16-22)33-18(3)4;/h8-10,13-16,18H,5-7,11-12,17H2,1-4H3,(H,27,28);/q;+1/p-1/b26-24+;. The smallest absolute Gasteiger partial charge is 0.545 e. The van der Waals surface area contributed by atoms with Crippen LogP contribution < -0.4 is 48.3 Å². The van der Waals surface area contributed by atoms with Crippen molar-refractivity contribution in [1.29, 1.82) is 0 Å². The maximum atomic E-state index is 12.2. The summed E-state index contributed by atoms with van der Waals surface area (Å²) in [6.07, 6.45) is 1.80. The van der Waals surface area contributed by atoms with Gasteiger partial charge in [0.2, 0.25) is 0 Å². The number of hydrogen-bond donors (Lipinski definition) is 0. The van der Waals surface area contributed by atoms with Crippen molar-refractivity contribution in [3.63, 3.8) is 0 Å². The second kappa shape index (κ2) is 15.8. The van der Waals surface area contributed by atoms with Gasteiger partial charge in [0.15, 0.2) is 0 Å². The van der Waals surface area contributed by atoms with Gasteiger partial charge in [-0.3, -0.25) is 0 Å². The molecule has 0 aromatic heterocycles. The molecule has 0 heterocycles. The molecule has 0 N–H and O–H groups in total. The number of aromatic carboxylic acids is 1. The average molecular weight is 530 g/mol. The summed E-state index contributed by atoms with van der Waals surface area (Å²) in [6.45, 7) is 7.75. The SMILES string of the molecule is CCCCS(=O)(=O)Oc1cccc(/C(COc2cc(OC(C)C)cc(C(=O)[O-])c2)=N/OCCC)c1.[Na+]. The molecule has 2 aromatic carbocycles. The van der Waals surface area contributed by atoms with Crippen LogP contribution in [-0.4, -0.2) is 45.2 Å². The first kappa shape index (κ1) is 31.8. The zero-order valence-electron chi connectivity index (χ0n) is 21.5. The predicted octanol–water partition coefficient (Wildman–Crippen LogP) is 0.560. The minimum Gasteiger partial charge on any atom is -0.545 e. The van der Waals surface area contributed by atoms with Gasteiger partial charge in [-0.05, 0) is 51.0 Å². The Morgan fingerprint density at radius 2 is 1.69 bits per heavy atom. The van der Waals surface area contributed by atoms with Crippen molar-refractivity contribution in [2.24, 2.45) is 5.16 Å². The van der Waals surface area contributed by atoms with E-state index in [-0.39, 0.29) is 65.1 Å². The number of benzene rings is 2. The molecular weight excluding hydrogens is 497 g/mol. The van der Waals surface area contributed by atoms with Crippen LogP contribution >= 0.6 is 0 Å².